The lowest BCUT2D eigenvalue weighted by Gasteiger charge is -2.39. The Balaban J connectivity index is 2.39. The number of primary sulfonamides is 1. The Labute approximate surface area is 111 Å². The van der Waals surface area contributed by atoms with E-state index in [1.165, 1.54) is 6.42 Å². The van der Waals surface area contributed by atoms with Gasteiger partial charge in [0.15, 0.2) is 0 Å². The molecular formula is C13H27NO3S. The second-order valence-electron chi connectivity index (χ2n) is 6.80. The van der Waals surface area contributed by atoms with Crippen molar-refractivity contribution in [1.29, 1.82) is 0 Å². The van der Waals surface area contributed by atoms with Crippen molar-refractivity contribution in [2.45, 2.75) is 53.1 Å². The number of ether oxygens (including phenoxy) is 1. The van der Waals surface area contributed by atoms with Gasteiger partial charge in [-0.15, -0.1) is 0 Å². The third-order valence-corrected chi connectivity index (χ3v) is 4.51. The Bertz CT molecular complexity index is 364. The predicted octanol–water partition coefficient (Wildman–Crippen LogP) is 2.14. The number of sulfonamides is 1. The molecule has 2 N–H and O–H groups in total. The Morgan fingerprint density at radius 3 is 2.50 bits per heavy atom. The number of rotatable bonds is 5. The Hall–Kier alpha value is -0.130. The first-order valence-electron chi connectivity index (χ1n) is 6.69. The highest BCUT2D eigenvalue weighted by Gasteiger charge is 2.32. The van der Waals surface area contributed by atoms with E-state index in [0.29, 0.717) is 17.9 Å². The van der Waals surface area contributed by atoms with Gasteiger partial charge >= 0.3 is 0 Å². The lowest BCUT2D eigenvalue weighted by molar-refractivity contribution is -0.0321. The molecular weight excluding hydrogens is 250 g/mol. The van der Waals surface area contributed by atoms with Crippen molar-refractivity contribution in [2.75, 3.05) is 12.4 Å². The minimum Gasteiger partial charge on any atom is -0.378 e. The average Bonchev–Trinajstić information content (AvgIpc) is 2.08. The highest BCUT2D eigenvalue weighted by Crippen LogP contribution is 2.39. The summed E-state index contributed by atoms with van der Waals surface area (Å²) in [5.74, 6) is 0.631. The molecule has 1 aliphatic rings. The first-order chi connectivity index (χ1) is 8.07. The lowest BCUT2D eigenvalue weighted by Crippen LogP contribution is -2.34. The van der Waals surface area contributed by atoms with Gasteiger partial charge in [0.25, 0.3) is 0 Å². The van der Waals surface area contributed by atoms with Crippen LogP contribution in [0.3, 0.4) is 0 Å². The number of hydrogen-bond acceptors (Lipinski definition) is 3. The van der Waals surface area contributed by atoms with Crippen LogP contribution in [-0.2, 0) is 14.8 Å². The molecule has 0 saturated heterocycles. The highest BCUT2D eigenvalue weighted by molar-refractivity contribution is 7.89. The maximum atomic E-state index is 11.0. The summed E-state index contributed by atoms with van der Waals surface area (Å²) in [4.78, 5) is 0. The highest BCUT2D eigenvalue weighted by atomic mass is 32.2. The SMILES string of the molecule is CC1CC(OCC(C)CS(N)(=O)=O)CC(C)(C)C1. The fraction of sp³-hybridized carbons (Fsp3) is 1.00. The molecule has 3 atom stereocenters. The zero-order chi connectivity index (χ0) is 14.0. The molecule has 0 spiro atoms. The first kappa shape index (κ1) is 15.9. The topological polar surface area (TPSA) is 69.4 Å². The molecule has 4 nitrogen and oxygen atoms in total. The summed E-state index contributed by atoms with van der Waals surface area (Å²) < 4.78 is 27.8. The molecule has 0 aromatic carbocycles. The molecule has 1 fully saturated rings. The zero-order valence-electron chi connectivity index (χ0n) is 12.0. The smallest absolute Gasteiger partial charge is 0.209 e. The molecule has 0 heterocycles. The van der Waals surface area contributed by atoms with Crippen molar-refractivity contribution in [3.63, 3.8) is 0 Å². The quantitative estimate of drug-likeness (QED) is 0.837. The summed E-state index contributed by atoms with van der Waals surface area (Å²) in [5.41, 5.74) is 0.325. The Kier molecular flexibility index (Phi) is 5.21. The molecule has 5 heteroatoms. The molecule has 1 aliphatic carbocycles. The van der Waals surface area contributed by atoms with Crippen LogP contribution in [0.15, 0.2) is 0 Å². The van der Waals surface area contributed by atoms with Gasteiger partial charge in [-0.25, -0.2) is 13.6 Å². The second-order valence-corrected chi connectivity index (χ2v) is 8.46. The van der Waals surface area contributed by atoms with Crippen LogP contribution in [0.25, 0.3) is 0 Å². The third kappa shape index (κ3) is 6.16. The largest absolute Gasteiger partial charge is 0.378 e. The fourth-order valence-electron chi connectivity index (χ4n) is 3.13. The minimum atomic E-state index is -3.39. The normalized spacial score (nSPS) is 30.1. The molecule has 1 saturated carbocycles. The van der Waals surface area contributed by atoms with Gasteiger partial charge in [0.05, 0.1) is 18.5 Å². The maximum absolute atomic E-state index is 11.0. The van der Waals surface area contributed by atoms with E-state index < -0.39 is 10.0 Å². The Morgan fingerprint density at radius 1 is 1.39 bits per heavy atom. The van der Waals surface area contributed by atoms with Crippen LogP contribution in [0.1, 0.15) is 47.0 Å². The van der Waals surface area contributed by atoms with Crippen molar-refractivity contribution in [1.82, 2.24) is 0 Å². The summed E-state index contributed by atoms with van der Waals surface area (Å²) in [6, 6.07) is 0. The molecule has 0 bridgehead atoms. The van der Waals surface area contributed by atoms with E-state index in [-0.39, 0.29) is 17.8 Å². The van der Waals surface area contributed by atoms with Gasteiger partial charge in [-0.2, -0.15) is 0 Å². The molecule has 0 aromatic rings. The second kappa shape index (κ2) is 5.88. The van der Waals surface area contributed by atoms with Gasteiger partial charge in [0.1, 0.15) is 0 Å². The molecule has 0 radical (unpaired) electrons. The fourth-order valence-corrected chi connectivity index (χ4v) is 4.02. The van der Waals surface area contributed by atoms with Crippen LogP contribution in [0.4, 0.5) is 0 Å². The van der Waals surface area contributed by atoms with Crippen LogP contribution in [0, 0.1) is 17.3 Å². The number of hydrogen-bond donors (Lipinski definition) is 1. The average molecular weight is 277 g/mol. The van der Waals surface area contributed by atoms with E-state index >= 15 is 0 Å². The number of nitrogens with two attached hydrogens (primary N) is 1. The Morgan fingerprint density at radius 2 is 2.00 bits per heavy atom. The van der Waals surface area contributed by atoms with E-state index in [2.05, 4.69) is 20.8 Å². The van der Waals surface area contributed by atoms with Crippen LogP contribution >= 0.6 is 0 Å². The summed E-state index contributed by atoms with van der Waals surface area (Å²) in [6.07, 6.45) is 3.62. The van der Waals surface area contributed by atoms with Crippen LogP contribution in [-0.4, -0.2) is 26.9 Å². The van der Waals surface area contributed by atoms with Gasteiger partial charge in [0, 0.05) is 0 Å². The van der Waals surface area contributed by atoms with Gasteiger partial charge < -0.3 is 4.74 Å². The molecule has 18 heavy (non-hydrogen) atoms. The summed E-state index contributed by atoms with van der Waals surface area (Å²) in [7, 11) is -3.39. The molecule has 0 aromatic heterocycles. The van der Waals surface area contributed by atoms with E-state index in [1.807, 2.05) is 6.92 Å². The summed E-state index contributed by atoms with van der Waals surface area (Å²) in [5, 5.41) is 5.03. The van der Waals surface area contributed by atoms with E-state index in [0.717, 1.165) is 12.8 Å². The predicted molar refractivity (Wildman–Crippen MR) is 73.7 cm³/mol. The van der Waals surface area contributed by atoms with Crippen molar-refractivity contribution in [2.24, 2.45) is 22.4 Å². The van der Waals surface area contributed by atoms with Crippen molar-refractivity contribution in [3.8, 4) is 0 Å². The molecule has 0 aliphatic heterocycles. The van der Waals surface area contributed by atoms with Crippen LogP contribution in [0.2, 0.25) is 0 Å². The van der Waals surface area contributed by atoms with Gasteiger partial charge in [-0.1, -0.05) is 27.7 Å². The first-order valence-corrected chi connectivity index (χ1v) is 8.41. The van der Waals surface area contributed by atoms with Gasteiger partial charge in [-0.3, -0.25) is 0 Å². The van der Waals surface area contributed by atoms with E-state index in [9.17, 15) is 8.42 Å². The van der Waals surface area contributed by atoms with Crippen molar-refractivity contribution < 1.29 is 13.2 Å². The maximum Gasteiger partial charge on any atom is 0.209 e. The molecule has 3 unspecified atom stereocenters. The minimum absolute atomic E-state index is 0.00132. The van der Waals surface area contributed by atoms with Gasteiger partial charge in [0.2, 0.25) is 10.0 Å². The third-order valence-electron chi connectivity index (χ3n) is 3.48. The molecule has 108 valence electrons. The van der Waals surface area contributed by atoms with Crippen LogP contribution < -0.4 is 5.14 Å². The zero-order valence-corrected chi connectivity index (χ0v) is 12.8. The van der Waals surface area contributed by atoms with E-state index in [4.69, 9.17) is 9.88 Å². The van der Waals surface area contributed by atoms with Crippen LogP contribution in [0.5, 0.6) is 0 Å². The van der Waals surface area contributed by atoms with Gasteiger partial charge in [-0.05, 0) is 36.5 Å². The van der Waals surface area contributed by atoms with E-state index in [1.54, 1.807) is 0 Å². The standard InChI is InChI=1S/C13H27NO3S/c1-10-5-12(7-13(3,4)6-10)17-8-11(2)9-18(14,15)16/h10-12H,5-9H2,1-4H3,(H2,14,15,16). The summed E-state index contributed by atoms with van der Waals surface area (Å²) in [6.45, 7) is 9.14. The lowest BCUT2D eigenvalue weighted by atomic mass is 9.71. The van der Waals surface area contributed by atoms with Crippen molar-refractivity contribution in [3.05, 3.63) is 0 Å². The summed E-state index contributed by atoms with van der Waals surface area (Å²) >= 11 is 0. The molecule has 1 rings (SSSR count). The monoisotopic (exact) mass is 277 g/mol. The molecule has 0 amide bonds. The van der Waals surface area contributed by atoms with Crippen molar-refractivity contribution >= 4 is 10.0 Å².